The smallest absolute Gasteiger partial charge is 0.312 e. The van der Waals surface area contributed by atoms with Crippen molar-refractivity contribution < 1.29 is 13.9 Å². The summed E-state index contributed by atoms with van der Waals surface area (Å²) in [6.07, 6.45) is 4.96. The van der Waals surface area contributed by atoms with Crippen LogP contribution in [0.4, 0.5) is 4.39 Å². The molecule has 0 aliphatic heterocycles. The number of alkyl halides is 1. The van der Waals surface area contributed by atoms with E-state index in [-0.39, 0.29) is 5.97 Å². The van der Waals surface area contributed by atoms with Gasteiger partial charge in [-0.2, -0.15) is 0 Å². The summed E-state index contributed by atoms with van der Waals surface area (Å²) in [6.45, 7) is 6.93. The molecule has 0 aromatic rings. The van der Waals surface area contributed by atoms with Gasteiger partial charge in [0.1, 0.15) is 11.3 Å². The predicted octanol–water partition coefficient (Wildman–Crippen LogP) is 3.62. The fourth-order valence-electron chi connectivity index (χ4n) is 2.39. The van der Waals surface area contributed by atoms with Crippen LogP contribution in [0.25, 0.3) is 0 Å². The Kier molecular flexibility index (Phi) is 4.00. The number of carbonyl (C=O) groups is 1. The van der Waals surface area contributed by atoms with E-state index in [1.54, 1.807) is 6.08 Å². The van der Waals surface area contributed by atoms with Crippen LogP contribution in [0.3, 0.4) is 0 Å². The van der Waals surface area contributed by atoms with Crippen LogP contribution in [0.1, 0.15) is 47.0 Å². The molecular formula is C16H23ClFNO2. The Labute approximate surface area is 130 Å². The molecule has 0 heterocycles. The summed E-state index contributed by atoms with van der Waals surface area (Å²) in [7, 11) is 0. The van der Waals surface area contributed by atoms with Gasteiger partial charge in [-0.3, -0.25) is 4.79 Å². The van der Waals surface area contributed by atoms with Gasteiger partial charge in [0, 0.05) is 5.03 Å². The number of ether oxygens (including phenoxy) is 1. The quantitative estimate of drug-likeness (QED) is 0.809. The maximum absolute atomic E-state index is 14.1. The molecule has 0 aromatic heterocycles. The Balaban J connectivity index is 2.12. The molecule has 2 N–H and O–H groups in total. The second-order valence-corrected chi connectivity index (χ2v) is 7.73. The van der Waals surface area contributed by atoms with Gasteiger partial charge in [0.05, 0.1) is 11.5 Å². The molecule has 0 spiro atoms. The summed E-state index contributed by atoms with van der Waals surface area (Å²) in [6, 6.07) is -0.746. The SMILES string of the molecule is CC(C)(C)OC(=O)C1(CC2=CC(N)C(C)(F)C=C2Cl)CC1. The maximum Gasteiger partial charge on any atom is 0.312 e. The van der Waals surface area contributed by atoms with Crippen molar-refractivity contribution in [3.05, 3.63) is 22.8 Å². The monoisotopic (exact) mass is 315 g/mol. The normalized spacial score (nSPS) is 31.3. The summed E-state index contributed by atoms with van der Waals surface area (Å²) < 4.78 is 19.6. The molecular weight excluding hydrogens is 293 g/mol. The van der Waals surface area contributed by atoms with Crippen molar-refractivity contribution in [3.8, 4) is 0 Å². The lowest BCUT2D eigenvalue weighted by Gasteiger charge is -2.29. The predicted molar refractivity (Wildman–Crippen MR) is 81.6 cm³/mol. The van der Waals surface area contributed by atoms with Crippen molar-refractivity contribution >= 4 is 17.6 Å². The van der Waals surface area contributed by atoms with Gasteiger partial charge in [0.25, 0.3) is 0 Å². The Bertz CT molecular complexity index is 513. The first kappa shape index (κ1) is 16.5. The third kappa shape index (κ3) is 3.67. The summed E-state index contributed by atoms with van der Waals surface area (Å²) in [5.74, 6) is -0.206. The highest BCUT2D eigenvalue weighted by molar-refractivity contribution is 6.32. The van der Waals surface area contributed by atoms with Crippen molar-refractivity contribution in [2.75, 3.05) is 0 Å². The summed E-state index contributed by atoms with van der Waals surface area (Å²) in [4.78, 5) is 12.3. The van der Waals surface area contributed by atoms with Crippen LogP contribution in [0.5, 0.6) is 0 Å². The molecule has 3 nitrogen and oxygen atoms in total. The van der Waals surface area contributed by atoms with Gasteiger partial charge in [-0.1, -0.05) is 17.7 Å². The van der Waals surface area contributed by atoms with E-state index in [0.717, 1.165) is 18.4 Å². The molecule has 21 heavy (non-hydrogen) atoms. The summed E-state index contributed by atoms with van der Waals surface area (Å²) >= 11 is 6.15. The number of hydrogen-bond acceptors (Lipinski definition) is 3. The molecule has 0 radical (unpaired) electrons. The van der Waals surface area contributed by atoms with Gasteiger partial charge in [-0.05, 0) is 58.6 Å². The summed E-state index contributed by atoms with van der Waals surface area (Å²) in [5.41, 5.74) is 3.87. The van der Waals surface area contributed by atoms with Gasteiger partial charge in [0.15, 0.2) is 0 Å². The van der Waals surface area contributed by atoms with Crippen LogP contribution in [0, 0.1) is 5.41 Å². The van der Waals surface area contributed by atoms with Crippen LogP contribution in [0.15, 0.2) is 22.8 Å². The number of esters is 1. The molecule has 1 saturated carbocycles. The highest BCUT2D eigenvalue weighted by Gasteiger charge is 2.53. The van der Waals surface area contributed by atoms with Crippen LogP contribution in [0.2, 0.25) is 0 Å². The first-order valence-corrected chi connectivity index (χ1v) is 7.60. The summed E-state index contributed by atoms with van der Waals surface area (Å²) in [5, 5.41) is 0.344. The molecule has 2 aliphatic rings. The average molecular weight is 316 g/mol. The van der Waals surface area contributed by atoms with E-state index in [9.17, 15) is 9.18 Å². The molecule has 2 unspecified atom stereocenters. The molecule has 2 rings (SSSR count). The molecule has 5 heteroatoms. The number of nitrogens with two attached hydrogens (primary N) is 1. The molecule has 0 saturated heterocycles. The topological polar surface area (TPSA) is 52.3 Å². The average Bonchev–Trinajstić information content (AvgIpc) is 3.04. The zero-order valence-corrected chi connectivity index (χ0v) is 13.8. The number of allylic oxidation sites excluding steroid dienone is 2. The van der Waals surface area contributed by atoms with Gasteiger partial charge in [-0.25, -0.2) is 4.39 Å². The first-order chi connectivity index (χ1) is 9.45. The number of carbonyl (C=O) groups excluding carboxylic acids is 1. The Morgan fingerprint density at radius 3 is 2.57 bits per heavy atom. The lowest BCUT2D eigenvalue weighted by Crippen LogP contribution is -2.41. The van der Waals surface area contributed by atoms with Crippen molar-refractivity contribution in [3.63, 3.8) is 0 Å². The number of hydrogen-bond donors (Lipinski definition) is 1. The zero-order chi connectivity index (χ0) is 16.1. The van der Waals surface area contributed by atoms with E-state index < -0.39 is 22.7 Å². The van der Waals surface area contributed by atoms with E-state index in [1.807, 2.05) is 20.8 Å². The molecule has 2 aliphatic carbocycles. The maximum atomic E-state index is 14.1. The van der Waals surface area contributed by atoms with Crippen LogP contribution in [-0.2, 0) is 9.53 Å². The van der Waals surface area contributed by atoms with Crippen molar-refractivity contribution in [2.45, 2.75) is 64.3 Å². The van der Waals surface area contributed by atoms with Gasteiger partial charge in [0.2, 0.25) is 0 Å². The standard InChI is InChI=1S/C16H23ClFNO2/c1-14(2,3)21-13(20)16(5-6-16)8-10-7-12(19)15(4,18)9-11(10)17/h7,9,12H,5-6,8,19H2,1-4H3. The van der Waals surface area contributed by atoms with E-state index in [0.29, 0.717) is 11.5 Å². The van der Waals surface area contributed by atoms with Crippen LogP contribution >= 0.6 is 11.6 Å². The highest BCUT2D eigenvalue weighted by atomic mass is 35.5. The van der Waals surface area contributed by atoms with Gasteiger partial charge < -0.3 is 10.5 Å². The molecule has 2 atom stereocenters. The zero-order valence-electron chi connectivity index (χ0n) is 13.0. The molecule has 0 bridgehead atoms. The molecule has 118 valence electrons. The van der Waals surface area contributed by atoms with Crippen molar-refractivity contribution in [1.29, 1.82) is 0 Å². The Morgan fingerprint density at radius 1 is 1.52 bits per heavy atom. The second kappa shape index (κ2) is 5.10. The van der Waals surface area contributed by atoms with E-state index >= 15 is 0 Å². The lowest BCUT2D eigenvalue weighted by atomic mass is 9.86. The fraction of sp³-hybridized carbons (Fsp3) is 0.688. The minimum absolute atomic E-state index is 0.206. The number of rotatable bonds is 3. The Morgan fingerprint density at radius 2 is 2.10 bits per heavy atom. The van der Waals surface area contributed by atoms with Gasteiger partial charge in [-0.15, -0.1) is 0 Å². The largest absolute Gasteiger partial charge is 0.460 e. The molecule has 1 fully saturated rings. The highest BCUT2D eigenvalue weighted by Crippen LogP contribution is 2.54. The van der Waals surface area contributed by atoms with E-state index in [1.165, 1.54) is 13.0 Å². The molecule has 0 aromatic carbocycles. The third-order valence-corrected chi connectivity index (χ3v) is 4.31. The number of halogens is 2. The van der Waals surface area contributed by atoms with Crippen molar-refractivity contribution in [2.24, 2.45) is 11.1 Å². The van der Waals surface area contributed by atoms with Crippen molar-refractivity contribution in [1.82, 2.24) is 0 Å². The van der Waals surface area contributed by atoms with E-state index in [2.05, 4.69) is 0 Å². The third-order valence-electron chi connectivity index (χ3n) is 3.96. The minimum Gasteiger partial charge on any atom is -0.460 e. The minimum atomic E-state index is -1.65. The Hall–Kier alpha value is -0.870. The first-order valence-electron chi connectivity index (χ1n) is 7.23. The van der Waals surface area contributed by atoms with Gasteiger partial charge >= 0.3 is 5.97 Å². The van der Waals surface area contributed by atoms with Crippen LogP contribution in [-0.4, -0.2) is 23.3 Å². The van der Waals surface area contributed by atoms with Crippen LogP contribution < -0.4 is 5.73 Å². The lowest BCUT2D eigenvalue weighted by molar-refractivity contribution is -0.161. The molecule has 0 amide bonds. The fourth-order valence-corrected chi connectivity index (χ4v) is 2.74. The van der Waals surface area contributed by atoms with E-state index in [4.69, 9.17) is 22.1 Å². The second-order valence-electron chi connectivity index (χ2n) is 7.32.